The van der Waals surface area contributed by atoms with Crippen molar-refractivity contribution in [2.75, 3.05) is 0 Å². The van der Waals surface area contributed by atoms with E-state index in [1.54, 1.807) is 0 Å². The van der Waals surface area contributed by atoms with Gasteiger partial charge in [0.25, 0.3) is 0 Å². The van der Waals surface area contributed by atoms with Crippen molar-refractivity contribution >= 4 is 5.71 Å². The highest BCUT2D eigenvalue weighted by molar-refractivity contribution is 5.85. The van der Waals surface area contributed by atoms with Crippen LogP contribution in [0.2, 0.25) is 0 Å². The molecule has 1 aliphatic carbocycles. The predicted molar refractivity (Wildman–Crippen MR) is 32.6 cm³/mol. The summed E-state index contributed by atoms with van der Waals surface area (Å²) in [5, 5.41) is 3.69. The van der Waals surface area contributed by atoms with Gasteiger partial charge in [-0.05, 0) is 26.7 Å². The Hall–Kier alpha value is -0.530. The second-order valence-corrected chi connectivity index (χ2v) is 2.13. The third-order valence-corrected chi connectivity index (χ3v) is 0.882. The monoisotopic (exact) mass is 112 g/mol. The van der Waals surface area contributed by atoms with E-state index in [9.17, 15) is 0 Å². The fraction of sp³-hybridized carbons (Fsp3) is 0.667. The average molecular weight is 112 g/mol. The van der Waals surface area contributed by atoms with Gasteiger partial charge in [-0.1, -0.05) is 5.16 Å². The summed E-state index contributed by atoms with van der Waals surface area (Å²) in [6.45, 7) is 5.38. The molecule has 0 aromatic heterocycles. The molecule has 2 nitrogen and oxygen atoms in total. The number of oxime groups is 1. The van der Waals surface area contributed by atoms with Gasteiger partial charge in [-0.25, -0.2) is 0 Å². The van der Waals surface area contributed by atoms with Crippen molar-refractivity contribution in [3.63, 3.8) is 0 Å². The maximum Gasteiger partial charge on any atom is 0.127 e. The Labute approximate surface area is 49.5 Å². The van der Waals surface area contributed by atoms with Crippen LogP contribution in [0.5, 0.6) is 0 Å². The van der Waals surface area contributed by atoms with Crippen molar-refractivity contribution in [3.05, 3.63) is 6.92 Å². The van der Waals surface area contributed by atoms with Crippen molar-refractivity contribution in [1.82, 2.24) is 0 Å². The van der Waals surface area contributed by atoms with Gasteiger partial charge in [0, 0.05) is 0 Å². The summed E-state index contributed by atoms with van der Waals surface area (Å²) in [6, 6.07) is 0. The Kier molecular flexibility index (Phi) is 1.51. The van der Waals surface area contributed by atoms with E-state index in [0.717, 1.165) is 18.6 Å². The van der Waals surface area contributed by atoms with Crippen LogP contribution in [-0.4, -0.2) is 11.8 Å². The van der Waals surface area contributed by atoms with E-state index in [1.807, 2.05) is 6.92 Å². The van der Waals surface area contributed by atoms with Crippen LogP contribution in [-0.2, 0) is 4.84 Å². The molecule has 45 valence electrons. The van der Waals surface area contributed by atoms with Gasteiger partial charge in [0.15, 0.2) is 0 Å². The lowest BCUT2D eigenvalue weighted by atomic mass is 10.5. The average Bonchev–Trinajstić information content (AvgIpc) is 2.41. The van der Waals surface area contributed by atoms with E-state index < -0.39 is 0 Å². The maximum absolute atomic E-state index is 4.94. The molecular weight excluding hydrogens is 102 g/mol. The summed E-state index contributed by atoms with van der Waals surface area (Å²) in [5.41, 5.74) is 0.747. The van der Waals surface area contributed by atoms with Gasteiger partial charge in [0.05, 0.1) is 5.71 Å². The zero-order chi connectivity index (χ0) is 5.98. The number of hydrogen-bond acceptors (Lipinski definition) is 2. The first-order valence-electron chi connectivity index (χ1n) is 2.81. The lowest BCUT2D eigenvalue weighted by molar-refractivity contribution is 0.129. The minimum Gasteiger partial charge on any atom is -0.393 e. The Morgan fingerprint density at radius 2 is 2.38 bits per heavy atom. The molecule has 2 heteroatoms. The van der Waals surface area contributed by atoms with Gasteiger partial charge in [-0.2, -0.15) is 0 Å². The lowest BCUT2D eigenvalue weighted by Gasteiger charge is -1.91. The molecule has 1 rings (SSSR count). The predicted octanol–water partition coefficient (Wildman–Crippen LogP) is 1.38. The van der Waals surface area contributed by atoms with Crippen LogP contribution in [0.3, 0.4) is 0 Å². The molecule has 0 amide bonds. The van der Waals surface area contributed by atoms with E-state index >= 15 is 0 Å². The molecule has 0 N–H and O–H groups in total. The highest BCUT2D eigenvalue weighted by atomic mass is 16.6. The largest absolute Gasteiger partial charge is 0.393 e. The molecule has 1 fully saturated rings. The highest BCUT2D eigenvalue weighted by Gasteiger charge is 2.23. The van der Waals surface area contributed by atoms with Gasteiger partial charge in [0.1, 0.15) is 6.10 Å². The molecule has 0 heterocycles. The molecule has 0 unspecified atom stereocenters. The van der Waals surface area contributed by atoms with Crippen molar-refractivity contribution in [1.29, 1.82) is 0 Å². The van der Waals surface area contributed by atoms with Gasteiger partial charge < -0.3 is 4.84 Å². The molecule has 0 bridgehead atoms. The van der Waals surface area contributed by atoms with Crippen LogP contribution < -0.4 is 0 Å². The summed E-state index contributed by atoms with van der Waals surface area (Å²) in [7, 11) is 0. The molecule has 0 saturated heterocycles. The SMILES string of the molecule is [CH2]C(C)=NOC1CC1. The Morgan fingerprint density at radius 1 is 1.75 bits per heavy atom. The summed E-state index contributed by atoms with van der Waals surface area (Å²) in [4.78, 5) is 4.94. The van der Waals surface area contributed by atoms with E-state index in [0.29, 0.717) is 6.10 Å². The third-order valence-electron chi connectivity index (χ3n) is 0.882. The molecule has 0 aliphatic heterocycles. The molecule has 1 aliphatic rings. The first kappa shape index (κ1) is 5.60. The van der Waals surface area contributed by atoms with Gasteiger partial charge in [-0.3, -0.25) is 0 Å². The number of hydrogen-bond donors (Lipinski definition) is 0. The third kappa shape index (κ3) is 1.96. The van der Waals surface area contributed by atoms with Crippen molar-refractivity contribution in [2.24, 2.45) is 5.16 Å². The van der Waals surface area contributed by atoms with Crippen LogP contribution in [0.1, 0.15) is 19.8 Å². The number of nitrogens with zero attached hydrogens (tertiary/aromatic N) is 1. The van der Waals surface area contributed by atoms with Gasteiger partial charge in [0.2, 0.25) is 0 Å². The van der Waals surface area contributed by atoms with Crippen LogP contribution in [0, 0.1) is 6.92 Å². The second-order valence-electron chi connectivity index (χ2n) is 2.13. The summed E-state index contributed by atoms with van der Waals surface area (Å²) in [6.07, 6.45) is 2.74. The standard InChI is InChI=1S/C6H10NO/c1-5(2)7-8-6-3-4-6/h6H,1,3-4H2,2H3. The normalized spacial score (nSPS) is 21.0. The van der Waals surface area contributed by atoms with Crippen molar-refractivity contribution < 1.29 is 4.84 Å². The van der Waals surface area contributed by atoms with E-state index in [4.69, 9.17) is 4.84 Å². The van der Waals surface area contributed by atoms with Crippen LogP contribution in [0.4, 0.5) is 0 Å². The first-order chi connectivity index (χ1) is 3.79. The minimum absolute atomic E-state index is 0.409. The first-order valence-corrected chi connectivity index (χ1v) is 2.81. The van der Waals surface area contributed by atoms with Crippen molar-refractivity contribution in [3.8, 4) is 0 Å². The molecule has 0 aromatic rings. The van der Waals surface area contributed by atoms with Crippen LogP contribution in [0.15, 0.2) is 5.16 Å². The number of rotatable bonds is 2. The molecule has 0 aromatic carbocycles. The maximum atomic E-state index is 4.94. The van der Waals surface area contributed by atoms with E-state index in [-0.39, 0.29) is 0 Å². The summed E-state index contributed by atoms with van der Waals surface area (Å²) in [5.74, 6) is 0. The topological polar surface area (TPSA) is 21.6 Å². The molecule has 8 heavy (non-hydrogen) atoms. The van der Waals surface area contributed by atoms with E-state index in [2.05, 4.69) is 12.1 Å². The Balaban J connectivity index is 2.10. The van der Waals surface area contributed by atoms with Crippen molar-refractivity contribution in [2.45, 2.75) is 25.9 Å². The molecule has 0 spiro atoms. The van der Waals surface area contributed by atoms with E-state index in [1.165, 1.54) is 0 Å². The lowest BCUT2D eigenvalue weighted by Crippen LogP contribution is -1.88. The summed E-state index contributed by atoms with van der Waals surface area (Å²) >= 11 is 0. The van der Waals surface area contributed by atoms with Crippen LogP contribution in [0.25, 0.3) is 0 Å². The van der Waals surface area contributed by atoms with Gasteiger partial charge >= 0.3 is 0 Å². The summed E-state index contributed by atoms with van der Waals surface area (Å²) < 4.78 is 0. The fourth-order valence-corrected chi connectivity index (χ4v) is 0.338. The quantitative estimate of drug-likeness (QED) is 0.390. The smallest absolute Gasteiger partial charge is 0.127 e. The minimum atomic E-state index is 0.409. The second kappa shape index (κ2) is 2.16. The highest BCUT2D eigenvalue weighted by Crippen LogP contribution is 2.23. The molecular formula is C6H10NO. The zero-order valence-corrected chi connectivity index (χ0v) is 5.05. The Morgan fingerprint density at radius 3 is 2.75 bits per heavy atom. The van der Waals surface area contributed by atoms with Crippen LogP contribution >= 0.6 is 0 Å². The molecule has 0 atom stereocenters. The zero-order valence-electron chi connectivity index (χ0n) is 5.05. The molecule has 1 radical (unpaired) electrons. The Bertz CT molecular complexity index is 101. The van der Waals surface area contributed by atoms with Gasteiger partial charge in [-0.15, -0.1) is 0 Å². The fourth-order valence-electron chi connectivity index (χ4n) is 0.338. The molecule has 1 saturated carbocycles.